The van der Waals surface area contributed by atoms with Crippen LogP contribution >= 0.6 is 0 Å². The van der Waals surface area contributed by atoms with E-state index in [0.29, 0.717) is 22.2 Å². The van der Waals surface area contributed by atoms with Gasteiger partial charge in [-0.05, 0) is 23.8 Å². The molecule has 21 heavy (non-hydrogen) atoms. The maximum Gasteiger partial charge on any atom is 0.152 e. The molecule has 0 aliphatic rings. The molecule has 2 heterocycles. The highest BCUT2D eigenvalue weighted by atomic mass is 19.1. The summed E-state index contributed by atoms with van der Waals surface area (Å²) in [7, 11) is 0. The van der Waals surface area contributed by atoms with Crippen molar-refractivity contribution in [3.8, 4) is 6.07 Å². The number of halogens is 2. The van der Waals surface area contributed by atoms with Crippen molar-refractivity contribution in [1.82, 2.24) is 9.97 Å². The molecule has 1 aromatic carbocycles. The Bertz CT molecular complexity index is 877. The van der Waals surface area contributed by atoms with Crippen molar-refractivity contribution < 1.29 is 8.78 Å². The van der Waals surface area contributed by atoms with Crippen molar-refractivity contribution in [2.75, 3.05) is 5.73 Å². The van der Waals surface area contributed by atoms with Gasteiger partial charge in [-0.2, -0.15) is 5.26 Å². The Hall–Kier alpha value is -2.94. The first-order chi connectivity index (χ1) is 10.1. The number of nitrogens with two attached hydrogens (primary N) is 1. The Kier molecular flexibility index (Phi) is 3.03. The van der Waals surface area contributed by atoms with Crippen molar-refractivity contribution in [1.29, 1.82) is 5.26 Å². The van der Waals surface area contributed by atoms with Crippen LogP contribution in [0.2, 0.25) is 0 Å². The van der Waals surface area contributed by atoms with Gasteiger partial charge < -0.3 is 10.7 Å². The van der Waals surface area contributed by atoms with Crippen LogP contribution in [0, 0.1) is 23.0 Å². The lowest BCUT2D eigenvalue weighted by Crippen LogP contribution is -2.01. The predicted octanol–water partition coefficient (Wildman–Crippen LogP) is 2.89. The Morgan fingerprint density at radius 1 is 1.29 bits per heavy atom. The molecule has 0 radical (unpaired) electrons. The second kappa shape index (κ2) is 4.87. The van der Waals surface area contributed by atoms with E-state index >= 15 is 0 Å². The van der Waals surface area contributed by atoms with E-state index in [9.17, 15) is 8.78 Å². The Morgan fingerprint density at radius 2 is 2.10 bits per heavy atom. The number of aromatic amines is 1. The van der Waals surface area contributed by atoms with E-state index in [0.717, 1.165) is 6.07 Å². The van der Waals surface area contributed by atoms with Gasteiger partial charge in [-0.25, -0.2) is 13.8 Å². The number of nitriles is 1. The molecule has 0 unspecified atom stereocenters. The summed E-state index contributed by atoms with van der Waals surface area (Å²) in [4.78, 5) is 6.99. The van der Waals surface area contributed by atoms with Gasteiger partial charge >= 0.3 is 0 Å². The smallest absolute Gasteiger partial charge is 0.152 e. The summed E-state index contributed by atoms with van der Waals surface area (Å²) >= 11 is 0. The SMILES string of the molecule is N#Cc1ccnc2[nH]cc(Cc3c(F)ccc(N)c3F)c12. The van der Waals surface area contributed by atoms with Crippen LogP contribution in [0.5, 0.6) is 0 Å². The van der Waals surface area contributed by atoms with E-state index in [1.54, 1.807) is 12.3 Å². The number of aromatic nitrogens is 2. The number of benzene rings is 1. The molecule has 0 bridgehead atoms. The molecule has 3 rings (SSSR count). The molecular weight excluding hydrogens is 274 g/mol. The fraction of sp³-hybridized carbons (Fsp3) is 0.0667. The van der Waals surface area contributed by atoms with Crippen LogP contribution < -0.4 is 5.73 Å². The maximum atomic E-state index is 14.0. The molecule has 6 heteroatoms. The molecule has 0 spiro atoms. The van der Waals surface area contributed by atoms with Crippen molar-refractivity contribution >= 4 is 16.7 Å². The zero-order valence-electron chi connectivity index (χ0n) is 10.8. The summed E-state index contributed by atoms with van der Waals surface area (Å²) in [6, 6.07) is 5.93. The molecule has 2 aromatic heterocycles. The van der Waals surface area contributed by atoms with Crippen LogP contribution in [0.15, 0.2) is 30.6 Å². The van der Waals surface area contributed by atoms with Gasteiger partial charge in [0.15, 0.2) is 5.82 Å². The van der Waals surface area contributed by atoms with Crippen LogP contribution in [0.25, 0.3) is 11.0 Å². The summed E-state index contributed by atoms with van der Waals surface area (Å²) in [5.41, 5.74) is 6.75. The standard InChI is InChI=1S/C15H10F2N4/c16-11-1-2-12(19)14(17)10(11)5-9-7-21-15-13(9)8(6-18)3-4-20-15/h1-4,7H,5,19H2,(H,20,21). The van der Waals surface area contributed by atoms with Crippen LogP contribution in [0.3, 0.4) is 0 Å². The predicted molar refractivity (Wildman–Crippen MR) is 74.4 cm³/mol. The third-order valence-corrected chi connectivity index (χ3v) is 3.36. The number of pyridine rings is 1. The molecular formula is C15H10F2N4. The molecule has 0 aliphatic heterocycles. The topological polar surface area (TPSA) is 78.5 Å². The fourth-order valence-electron chi connectivity index (χ4n) is 2.32. The third-order valence-electron chi connectivity index (χ3n) is 3.36. The van der Waals surface area contributed by atoms with Gasteiger partial charge in [-0.15, -0.1) is 0 Å². The lowest BCUT2D eigenvalue weighted by molar-refractivity contribution is 0.564. The summed E-state index contributed by atoms with van der Waals surface area (Å²) in [6.45, 7) is 0. The number of rotatable bonds is 2. The number of anilines is 1. The number of nitrogen functional groups attached to an aromatic ring is 1. The van der Waals surface area contributed by atoms with Crippen molar-refractivity contribution in [2.24, 2.45) is 0 Å². The van der Waals surface area contributed by atoms with Crippen LogP contribution in [-0.4, -0.2) is 9.97 Å². The highest BCUT2D eigenvalue weighted by Crippen LogP contribution is 2.26. The van der Waals surface area contributed by atoms with Crippen molar-refractivity contribution in [2.45, 2.75) is 6.42 Å². The van der Waals surface area contributed by atoms with E-state index in [4.69, 9.17) is 11.0 Å². The first kappa shape index (κ1) is 13.1. The minimum atomic E-state index is -0.772. The average Bonchev–Trinajstić information content (AvgIpc) is 2.91. The van der Waals surface area contributed by atoms with E-state index in [2.05, 4.69) is 16.0 Å². The van der Waals surface area contributed by atoms with Gasteiger partial charge in [0.2, 0.25) is 0 Å². The first-order valence-electron chi connectivity index (χ1n) is 6.19. The molecule has 0 fully saturated rings. The quantitative estimate of drug-likeness (QED) is 0.710. The number of hydrogen-bond acceptors (Lipinski definition) is 3. The summed E-state index contributed by atoms with van der Waals surface area (Å²) in [5.74, 6) is -1.44. The van der Waals surface area contributed by atoms with Gasteiger partial charge in [-0.3, -0.25) is 0 Å². The number of fused-ring (bicyclic) bond motifs is 1. The van der Waals surface area contributed by atoms with Crippen LogP contribution in [0.4, 0.5) is 14.5 Å². The lowest BCUT2D eigenvalue weighted by atomic mass is 10.0. The molecule has 4 nitrogen and oxygen atoms in total. The normalized spacial score (nSPS) is 10.7. The largest absolute Gasteiger partial charge is 0.396 e. The van der Waals surface area contributed by atoms with Crippen molar-refractivity contribution in [3.63, 3.8) is 0 Å². The Balaban J connectivity index is 2.16. The van der Waals surface area contributed by atoms with Gasteiger partial charge in [0.25, 0.3) is 0 Å². The number of nitrogens with one attached hydrogen (secondary N) is 1. The molecule has 0 saturated heterocycles. The number of H-pyrrole nitrogens is 1. The fourth-order valence-corrected chi connectivity index (χ4v) is 2.32. The maximum absolute atomic E-state index is 14.0. The Morgan fingerprint density at radius 3 is 2.86 bits per heavy atom. The van der Waals surface area contributed by atoms with E-state index in [1.165, 1.54) is 12.3 Å². The van der Waals surface area contributed by atoms with E-state index in [-0.39, 0.29) is 17.7 Å². The molecule has 3 aromatic rings. The summed E-state index contributed by atoms with van der Waals surface area (Å²) in [6.07, 6.45) is 3.09. The molecule has 0 saturated carbocycles. The first-order valence-corrected chi connectivity index (χ1v) is 6.19. The third kappa shape index (κ3) is 2.09. The van der Waals surface area contributed by atoms with Gasteiger partial charge in [-0.1, -0.05) is 0 Å². The Labute approximate surface area is 118 Å². The average molecular weight is 284 g/mol. The minimum absolute atomic E-state index is 0.0108. The number of nitrogens with zero attached hydrogens (tertiary/aromatic N) is 2. The summed E-state index contributed by atoms with van der Waals surface area (Å²) in [5, 5.41) is 9.71. The molecule has 0 amide bonds. The highest BCUT2D eigenvalue weighted by Gasteiger charge is 2.16. The molecule has 3 N–H and O–H groups in total. The van der Waals surface area contributed by atoms with Gasteiger partial charge in [0, 0.05) is 29.8 Å². The minimum Gasteiger partial charge on any atom is -0.396 e. The second-order valence-corrected chi connectivity index (χ2v) is 4.61. The lowest BCUT2D eigenvalue weighted by Gasteiger charge is -2.07. The van der Waals surface area contributed by atoms with Crippen molar-refractivity contribution in [3.05, 3.63) is 58.9 Å². The van der Waals surface area contributed by atoms with Crippen LogP contribution in [-0.2, 0) is 6.42 Å². The highest BCUT2D eigenvalue weighted by molar-refractivity contribution is 5.86. The molecule has 0 atom stereocenters. The van der Waals surface area contributed by atoms with Gasteiger partial charge in [0.1, 0.15) is 11.5 Å². The van der Waals surface area contributed by atoms with Gasteiger partial charge in [0.05, 0.1) is 17.3 Å². The molecule has 0 aliphatic carbocycles. The van der Waals surface area contributed by atoms with Crippen LogP contribution in [0.1, 0.15) is 16.7 Å². The zero-order valence-corrected chi connectivity index (χ0v) is 10.8. The molecule has 104 valence electrons. The van der Waals surface area contributed by atoms with E-state index < -0.39 is 11.6 Å². The van der Waals surface area contributed by atoms with E-state index in [1.807, 2.05) is 0 Å². The second-order valence-electron chi connectivity index (χ2n) is 4.61. The zero-order chi connectivity index (χ0) is 15.0. The monoisotopic (exact) mass is 284 g/mol. The summed E-state index contributed by atoms with van der Waals surface area (Å²) < 4.78 is 27.8. The number of hydrogen-bond donors (Lipinski definition) is 2.